The molecule has 0 fully saturated rings. The highest BCUT2D eigenvalue weighted by atomic mass is 19.3. The second kappa shape index (κ2) is 4.11. The molecule has 0 unspecified atom stereocenters. The van der Waals surface area contributed by atoms with Crippen LogP contribution in [0.25, 0.3) is 0 Å². The van der Waals surface area contributed by atoms with Crippen LogP contribution in [0.15, 0.2) is 6.07 Å². The van der Waals surface area contributed by atoms with Crippen LogP contribution < -0.4 is 4.74 Å². The number of aromatic nitrogens is 1. The smallest absolute Gasteiger partial charge is 0.299 e. The molecule has 0 saturated carbocycles. The van der Waals surface area contributed by atoms with Gasteiger partial charge in [-0.3, -0.25) is 10.1 Å². The summed E-state index contributed by atoms with van der Waals surface area (Å²) in [7, 11) is 1.02. The van der Waals surface area contributed by atoms with Gasteiger partial charge in [0, 0.05) is 0 Å². The van der Waals surface area contributed by atoms with Crippen molar-refractivity contribution in [3.8, 4) is 5.88 Å². The summed E-state index contributed by atoms with van der Waals surface area (Å²) in [6, 6.07) is 0.354. The average molecular weight is 222 g/mol. The highest BCUT2D eigenvalue weighted by Crippen LogP contribution is 2.30. The van der Waals surface area contributed by atoms with Gasteiger partial charge in [-0.2, -0.15) is 0 Å². The van der Waals surface area contributed by atoms with Crippen molar-refractivity contribution < 1.29 is 22.8 Å². The molecule has 0 saturated heterocycles. The Morgan fingerprint density at radius 1 is 1.60 bits per heavy atom. The molecule has 0 bridgehead atoms. The van der Waals surface area contributed by atoms with Crippen LogP contribution in [-0.4, -0.2) is 17.0 Å². The lowest BCUT2D eigenvalue weighted by atomic mass is 10.3. The fourth-order valence-corrected chi connectivity index (χ4v) is 0.926. The van der Waals surface area contributed by atoms with E-state index in [4.69, 9.17) is 0 Å². The summed E-state index contributed by atoms with van der Waals surface area (Å²) < 4.78 is 41.8. The number of alkyl halides is 2. The van der Waals surface area contributed by atoms with Crippen LogP contribution >= 0.6 is 0 Å². The Labute approximate surface area is 81.6 Å². The molecule has 0 aliphatic heterocycles. The molecular weight excluding hydrogens is 217 g/mol. The van der Waals surface area contributed by atoms with Crippen molar-refractivity contribution in [2.24, 2.45) is 0 Å². The van der Waals surface area contributed by atoms with Gasteiger partial charge >= 0.3 is 0 Å². The zero-order valence-corrected chi connectivity index (χ0v) is 7.41. The molecule has 0 radical (unpaired) electrons. The van der Waals surface area contributed by atoms with E-state index in [2.05, 4.69) is 9.72 Å². The van der Waals surface area contributed by atoms with Gasteiger partial charge in [-0.15, -0.1) is 0 Å². The molecule has 0 aromatic carbocycles. The van der Waals surface area contributed by atoms with Crippen LogP contribution in [0.5, 0.6) is 5.88 Å². The van der Waals surface area contributed by atoms with Crippen LogP contribution in [0.1, 0.15) is 12.1 Å². The number of rotatable bonds is 3. The first-order valence-electron chi connectivity index (χ1n) is 3.64. The minimum Gasteiger partial charge on any atom is -0.479 e. The highest BCUT2D eigenvalue weighted by Gasteiger charge is 2.26. The molecule has 1 rings (SSSR count). The van der Waals surface area contributed by atoms with E-state index in [9.17, 15) is 23.3 Å². The molecule has 0 aliphatic carbocycles. The Bertz CT molecular complexity index is 397. The third-order valence-electron chi connectivity index (χ3n) is 1.55. The predicted molar refractivity (Wildman–Crippen MR) is 42.4 cm³/mol. The number of pyridine rings is 1. The summed E-state index contributed by atoms with van der Waals surface area (Å²) in [4.78, 5) is 12.2. The molecule has 8 heteroatoms. The largest absolute Gasteiger partial charge is 0.479 e. The van der Waals surface area contributed by atoms with E-state index in [0.29, 0.717) is 6.07 Å². The fourth-order valence-electron chi connectivity index (χ4n) is 0.926. The number of halogens is 3. The van der Waals surface area contributed by atoms with E-state index in [1.54, 1.807) is 0 Å². The van der Waals surface area contributed by atoms with E-state index in [0.717, 1.165) is 7.11 Å². The van der Waals surface area contributed by atoms with Crippen molar-refractivity contribution in [1.82, 2.24) is 4.98 Å². The van der Waals surface area contributed by atoms with Crippen molar-refractivity contribution in [3.63, 3.8) is 0 Å². The normalized spacial score (nSPS) is 10.5. The lowest BCUT2D eigenvalue weighted by Gasteiger charge is -2.04. The maximum absolute atomic E-state index is 12.9. The topological polar surface area (TPSA) is 65.3 Å². The SMILES string of the molecule is COc1nc(C(F)F)c([N+](=O)[O-])cc1F. The number of methoxy groups -OCH3 is 1. The molecular formula is C7H5F3N2O3. The monoisotopic (exact) mass is 222 g/mol. The molecule has 0 atom stereocenters. The van der Waals surface area contributed by atoms with Gasteiger partial charge in [-0.1, -0.05) is 0 Å². The first-order chi connectivity index (χ1) is 6.97. The maximum atomic E-state index is 12.9. The zero-order valence-electron chi connectivity index (χ0n) is 7.41. The van der Waals surface area contributed by atoms with Crippen molar-refractivity contribution >= 4 is 5.69 Å². The van der Waals surface area contributed by atoms with Crippen molar-refractivity contribution in [3.05, 3.63) is 27.7 Å². The van der Waals surface area contributed by atoms with E-state index in [-0.39, 0.29) is 0 Å². The van der Waals surface area contributed by atoms with E-state index >= 15 is 0 Å². The van der Waals surface area contributed by atoms with Crippen molar-refractivity contribution in [2.75, 3.05) is 7.11 Å². The molecule has 0 spiro atoms. The third kappa shape index (κ3) is 2.14. The second-order valence-corrected chi connectivity index (χ2v) is 2.44. The van der Waals surface area contributed by atoms with Gasteiger partial charge in [0.05, 0.1) is 18.1 Å². The van der Waals surface area contributed by atoms with E-state index < -0.39 is 34.4 Å². The van der Waals surface area contributed by atoms with Crippen LogP contribution in [0.2, 0.25) is 0 Å². The fraction of sp³-hybridized carbons (Fsp3) is 0.286. The lowest BCUT2D eigenvalue weighted by molar-refractivity contribution is -0.386. The standard InChI is InChI=1S/C7H5F3N2O3/c1-15-7-3(8)2-4(12(13)14)5(11-7)6(9)10/h2,6H,1H3. The second-order valence-electron chi connectivity index (χ2n) is 2.44. The summed E-state index contributed by atoms with van der Waals surface area (Å²) in [5, 5.41) is 10.3. The molecule has 0 aliphatic rings. The molecule has 1 aromatic rings. The summed E-state index contributed by atoms with van der Waals surface area (Å²) >= 11 is 0. The molecule has 15 heavy (non-hydrogen) atoms. The molecule has 0 amide bonds. The van der Waals surface area contributed by atoms with Gasteiger partial charge in [0.25, 0.3) is 18.0 Å². The van der Waals surface area contributed by atoms with Crippen LogP contribution in [0, 0.1) is 15.9 Å². The molecule has 0 N–H and O–H groups in total. The Balaban J connectivity index is 3.38. The summed E-state index contributed by atoms with van der Waals surface area (Å²) in [6.07, 6.45) is -3.17. The van der Waals surface area contributed by atoms with Crippen LogP contribution in [0.3, 0.4) is 0 Å². The van der Waals surface area contributed by atoms with Crippen molar-refractivity contribution in [2.45, 2.75) is 6.43 Å². The van der Waals surface area contributed by atoms with Gasteiger partial charge in [0.1, 0.15) is 0 Å². The predicted octanol–water partition coefficient (Wildman–Crippen LogP) is 2.08. The van der Waals surface area contributed by atoms with Crippen LogP contribution in [-0.2, 0) is 0 Å². The van der Waals surface area contributed by atoms with E-state index in [1.807, 2.05) is 0 Å². The van der Waals surface area contributed by atoms with Crippen molar-refractivity contribution in [1.29, 1.82) is 0 Å². The Hall–Kier alpha value is -1.86. The number of hydrogen-bond acceptors (Lipinski definition) is 4. The number of nitrogens with zero attached hydrogens (tertiary/aromatic N) is 2. The molecule has 1 aromatic heterocycles. The van der Waals surface area contributed by atoms with Gasteiger partial charge in [0.15, 0.2) is 11.5 Å². The Kier molecular flexibility index (Phi) is 3.08. The third-order valence-corrected chi connectivity index (χ3v) is 1.55. The summed E-state index contributed by atoms with van der Waals surface area (Å²) in [5.41, 5.74) is -2.18. The van der Waals surface area contributed by atoms with Gasteiger partial charge in [0.2, 0.25) is 0 Å². The average Bonchev–Trinajstić information content (AvgIpc) is 2.16. The van der Waals surface area contributed by atoms with Gasteiger partial charge in [-0.25, -0.2) is 18.2 Å². The minimum absolute atomic E-state index is 0.354. The Morgan fingerprint density at radius 2 is 2.20 bits per heavy atom. The highest BCUT2D eigenvalue weighted by molar-refractivity contribution is 5.39. The summed E-state index contributed by atoms with van der Waals surface area (Å²) in [5.74, 6) is -1.86. The maximum Gasteiger partial charge on any atom is 0.299 e. The number of nitro groups is 1. The molecule has 1 heterocycles. The number of ether oxygens (including phenoxy) is 1. The summed E-state index contributed by atoms with van der Waals surface area (Å²) in [6.45, 7) is 0. The minimum atomic E-state index is -3.17. The first kappa shape index (κ1) is 11.2. The number of hydrogen-bond donors (Lipinski definition) is 0. The van der Waals surface area contributed by atoms with Crippen LogP contribution in [0.4, 0.5) is 18.9 Å². The van der Waals surface area contributed by atoms with Gasteiger partial charge < -0.3 is 4.74 Å². The first-order valence-corrected chi connectivity index (χ1v) is 3.64. The molecule has 82 valence electrons. The molecule has 5 nitrogen and oxygen atoms in total. The van der Waals surface area contributed by atoms with Gasteiger partial charge in [-0.05, 0) is 0 Å². The zero-order chi connectivity index (χ0) is 11.6. The van der Waals surface area contributed by atoms with E-state index in [1.165, 1.54) is 0 Å². The quantitative estimate of drug-likeness (QED) is 0.580. The lowest BCUT2D eigenvalue weighted by Crippen LogP contribution is -2.03. The Morgan fingerprint density at radius 3 is 2.60 bits per heavy atom.